The maximum atomic E-state index is 13.8. The molecule has 5 aromatic carbocycles. The zero-order valence-electron chi connectivity index (χ0n) is 28.7. The Labute approximate surface area is 319 Å². The minimum atomic E-state index is -0.620. The van der Waals surface area contributed by atoms with Crippen molar-refractivity contribution in [2.45, 2.75) is 10.1 Å². The summed E-state index contributed by atoms with van der Waals surface area (Å²) in [6, 6.07) is 41.6. The van der Waals surface area contributed by atoms with Crippen molar-refractivity contribution in [3.8, 4) is 22.8 Å². The number of carbonyl (C=O) groups is 3. The summed E-state index contributed by atoms with van der Waals surface area (Å²) in [5, 5.41) is 7.99. The smallest absolute Gasteiger partial charge is 0.272 e. The van der Waals surface area contributed by atoms with Gasteiger partial charge in [0.2, 0.25) is 5.91 Å². The topological polar surface area (TPSA) is 119 Å². The van der Waals surface area contributed by atoms with Crippen molar-refractivity contribution in [1.29, 1.82) is 0 Å². The first kappa shape index (κ1) is 36.7. The highest BCUT2D eigenvalue weighted by atomic mass is 79.9. The second-order valence-electron chi connectivity index (χ2n) is 11.5. The van der Waals surface area contributed by atoms with Gasteiger partial charge in [0, 0.05) is 38.3 Å². The summed E-state index contributed by atoms with van der Waals surface area (Å²) in [7, 11) is 3.09. The van der Waals surface area contributed by atoms with Crippen LogP contribution in [0.1, 0.15) is 26.9 Å². The van der Waals surface area contributed by atoms with E-state index in [4.69, 9.17) is 13.9 Å². The molecule has 0 aliphatic rings. The van der Waals surface area contributed by atoms with Gasteiger partial charge >= 0.3 is 0 Å². The molecule has 3 N–H and O–H groups in total. The van der Waals surface area contributed by atoms with E-state index in [-0.39, 0.29) is 11.6 Å². The molecule has 1 aromatic heterocycles. The van der Waals surface area contributed by atoms with Gasteiger partial charge in [0.05, 0.1) is 19.9 Å². The van der Waals surface area contributed by atoms with E-state index in [1.807, 2.05) is 66.7 Å². The average molecular weight is 789 g/mol. The third-order valence-corrected chi connectivity index (χ3v) is 9.74. The molecule has 3 amide bonds. The number of nitrogens with one attached hydrogen (secondary N) is 3. The number of hydrogen-bond donors (Lipinski definition) is 3. The number of ether oxygens (including phenoxy) is 2. The van der Waals surface area contributed by atoms with Gasteiger partial charge < -0.3 is 29.8 Å². The number of rotatable bonds is 13. The largest absolute Gasteiger partial charge is 0.497 e. The molecular formula is C42H34BrN3O6S. The molecule has 266 valence electrons. The Morgan fingerprint density at radius 1 is 0.755 bits per heavy atom. The van der Waals surface area contributed by atoms with Crippen LogP contribution in [-0.2, 0) is 9.59 Å². The van der Waals surface area contributed by atoms with Gasteiger partial charge in [-0.1, -0.05) is 76.6 Å². The Bertz CT molecular complexity index is 2220. The molecule has 9 nitrogen and oxygen atoms in total. The van der Waals surface area contributed by atoms with E-state index in [9.17, 15) is 14.4 Å². The lowest BCUT2D eigenvalue weighted by molar-refractivity contribution is -0.116. The van der Waals surface area contributed by atoms with Crippen LogP contribution in [0.3, 0.4) is 0 Å². The second kappa shape index (κ2) is 17.5. The van der Waals surface area contributed by atoms with E-state index >= 15 is 0 Å². The van der Waals surface area contributed by atoms with E-state index in [1.54, 1.807) is 79.9 Å². The van der Waals surface area contributed by atoms with Gasteiger partial charge in [-0.15, -0.1) is 11.8 Å². The molecule has 6 rings (SSSR count). The Balaban J connectivity index is 1.21. The molecule has 0 bridgehead atoms. The maximum absolute atomic E-state index is 13.8. The Hall–Kier alpha value is -6.04. The number of thioether (sulfide) groups is 1. The number of hydrogen-bond acceptors (Lipinski definition) is 7. The van der Waals surface area contributed by atoms with E-state index in [2.05, 4.69) is 31.9 Å². The highest BCUT2D eigenvalue weighted by Gasteiger charge is 2.24. The van der Waals surface area contributed by atoms with Crippen molar-refractivity contribution < 1.29 is 28.3 Å². The summed E-state index contributed by atoms with van der Waals surface area (Å²) >= 11 is 4.80. The van der Waals surface area contributed by atoms with Crippen molar-refractivity contribution in [3.63, 3.8) is 0 Å². The first-order valence-electron chi connectivity index (χ1n) is 16.4. The Morgan fingerprint density at radius 2 is 1.45 bits per heavy atom. The van der Waals surface area contributed by atoms with E-state index in [0.29, 0.717) is 40.0 Å². The standard InChI is InChI=1S/C42H34BrN3O6S/c1-50-32-19-24-38(51-2)35(25-32)45-42(49)39(28-9-5-3-6-10-28)53-34-21-17-31(18-22-34)44-41(48)36(46-40(47)29-11-7-4-8-12-29)26-33-20-23-37(52-33)27-13-15-30(43)16-14-27/h3-26,39H,1-2H3,(H,44,48)(H,45,49)(H,46,47)/b36-26-/t39-/m1/s1. The number of benzene rings is 5. The predicted octanol–water partition coefficient (Wildman–Crippen LogP) is 9.61. The molecule has 0 radical (unpaired) electrons. The molecular weight excluding hydrogens is 754 g/mol. The monoisotopic (exact) mass is 787 g/mol. The first-order valence-corrected chi connectivity index (χ1v) is 18.1. The predicted molar refractivity (Wildman–Crippen MR) is 212 cm³/mol. The zero-order chi connectivity index (χ0) is 37.2. The van der Waals surface area contributed by atoms with Crippen LogP contribution in [0.4, 0.5) is 11.4 Å². The van der Waals surface area contributed by atoms with Gasteiger partial charge in [-0.2, -0.15) is 0 Å². The normalized spacial score (nSPS) is 11.6. The summed E-state index contributed by atoms with van der Waals surface area (Å²) in [6.07, 6.45) is 1.49. The SMILES string of the molecule is COc1ccc(OC)c(NC(=O)[C@H](Sc2ccc(NC(=O)/C(=C/c3ccc(-c4ccc(Br)cc4)o3)NC(=O)c3ccccc3)cc2)c2ccccc2)c1. The van der Waals surface area contributed by atoms with Crippen molar-refractivity contribution in [3.05, 3.63) is 167 Å². The van der Waals surface area contributed by atoms with Crippen LogP contribution < -0.4 is 25.4 Å². The quantitative estimate of drug-likeness (QED) is 0.0788. The van der Waals surface area contributed by atoms with Crippen LogP contribution in [-0.4, -0.2) is 31.9 Å². The van der Waals surface area contributed by atoms with Crippen LogP contribution in [0.5, 0.6) is 11.5 Å². The van der Waals surface area contributed by atoms with Crippen LogP contribution >= 0.6 is 27.7 Å². The number of methoxy groups -OCH3 is 2. The average Bonchev–Trinajstić information content (AvgIpc) is 3.66. The van der Waals surface area contributed by atoms with Gasteiger partial charge in [-0.05, 0) is 78.4 Å². The lowest BCUT2D eigenvalue weighted by Crippen LogP contribution is -2.30. The number of furan rings is 1. The molecule has 6 aromatic rings. The molecule has 1 atom stereocenters. The minimum Gasteiger partial charge on any atom is -0.497 e. The molecule has 0 fully saturated rings. The fourth-order valence-corrected chi connectivity index (χ4v) is 6.54. The van der Waals surface area contributed by atoms with E-state index < -0.39 is 17.1 Å². The van der Waals surface area contributed by atoms with Crippen molar-refractivity contribution in [2.75, 3.05) is 24.9 Å². The highest BCUT2D eigenvalue weighted by Crippen LogP contribution is 2.38. The number of amides is 3. The second-order valence-corrected chi connectivity index (χ2v) is 13.6. The lowest BCUT2D eigenvalue weighted by Gasteiger charge is -2.19. The van der Waals surface area contributed by atoms with Crippen molar-refractivity contribution in [1.82, 2.24) is 5.32 Å². The van der Waals surface area contributed by atoms with Crippen LogP contribution in [0, 0.1) is 0 Å². The van der Waals surface area contributed by atoms with E-state index in [0.717, 1.165) is 20.5 Å². The van der Waals surface area contributed by atoms with E-state index in [1.165, 1.54) is 24.9 Å². The molecule has 1 heterocycles. The third-order valence-electron chi connectivity index (χ3n) is 7.94. The minimum absolute atomic E-state index is 0.0113. The van der Waals surface area contributed by atoms with Crippen LogP contribution in [0.25, 0.3) is 17.4 Å². The Kier molecular flexibility index (Phi) is 12.1. The molecule has 11 heteroatoms. The zero-order valence-corrected chi connectivity index (χ0v) is 31.1. The number of halogens is 1. The fraction of sp³-hybridized carbons (Fsp3) is 0.0714. The van der Waals surface area contributed by atoms with Gasteiger partial charge in [-0.25, -0.2) is 0 Å². The summed E-state index contributed by atoms with van der Waals surface area (Å²) in [6.45, 7) is 0. The fourth-order valence-electron chi connectivity index (χ4n) is 5.25. The van der Waals surface area contributed by atoms with Crippen molar-refractivity contribution in [2.24, 2.45) is 0 Å². The lowest BCUT2D eigenvalue weighted by atomic mass is 10.1. The summed E-state index contributed by atoms with van der Waals surface area (Å²) < 4.78 is 17.8. The van der Waals surface area contributed by atoms with Crippen LogP contribution in [0.15, 0.2) is 159 Å². The highest BCUT2D eigenvalue weighted by molar-refractivity contribution is 9.10. The molecule has 0 aliphatic carbocycles. The van der Waals surface area contributed by atoms with Gasteiger partial charge in [-0.3, -0.25) is 14.4 Å². The van der Waals surface area contributed by atoms with Gasteiger partial charge in [0.15, 0.2) is 0 Å². The van der Waals surface area contributed by atoms with Crippen LogP contribution in [0.2, 0.25) is 0 Å². The molecule has 0 saturated heterocycles. The molecule has 0 unspecified atom stereocenters. The summed E-state index contributed by atoms with van der Waals surface area (Å²) in [5.41, 5.74) is 3.01. The molecule has 0 spiro atoms. The number of carbonyl (C=O) groups excluding carboxylic acids is 3. The Morgan fingerprint density at radius 3 is 2.13 bits per heavy atom. The van der Waals surface area contributed by atoms with Crippen molar-refractivity contribution >= 4 is 62.9 Å². The molecule has 0 aliphatic heterocycles. The summed E-state index contributed by atoms with van der Waals surface area (Å²) in [4.78, 5) is 41.4. The third kappa shape index (κ3) is 9.65. The first-order chi connectivity index (χ1) is 25.8. The molecule has 0 saturated carbocycles. The molecule has 53 heavy (non-hydrogen) atoms. The van der Waals surface area contributed by atoms with Gasteiger partial charge in [0.25, 0.3) is 11.8 Å². The summed E-state index contributed by atoms with van der Waals surface area (Å²) in [5.74, 6) is 0.813. The number of anilines is 2. The van der Waals surface area contributed by atoms with Gasteiger partial charge in [0.1, 0.15) is 34.0 Å². The maximum Gasteiger partial charge on any atom is 0.272 e.